The first-order valence-electron chi connectivity index (χ1n) is 7.69. The Bertz CT molecular complexity index is 839. The molecule has 122 valence electrons. The van der Waals surface area contributed by atoms with Crippen LogP contribution >= 0.6 is 23.1 Å². The van der Waals surface area contributed by atoms with Gasteiger partial charge in [-0.05, 0) is 24.5 Å². The van der Waals surface area contributed by atoms with E-state index in [4.69, 9.17) is 0 Å². The highest BCUT2D eigenvalue weighted by molar-refractivity contribution is 8.16. The van der Waals surface area contributed by atoms with Crippen molar-refractivity contribution in [2.75, 3.05) is 18.4 Å². The molecule has 24 heavy (non-hydrogen) atoms. The number of hydrogen-bond acceptors (Lipinski definition) is 6. The number of aryl methyl sites for hydroxylation is 1. The van der Waals surface area contributed by atoms with E-state index in [0.717, 1.165) is 45.9 Å². The van der Waals surface area contributed by atoms with E-state index in [1.807, 2.05) is 42.0 Å². The Morgan fingerprint density at radius 2 is 2.17 bits per heavy atom. The molecule has 3 heterocycles. The summed E-state index contributed by atoms with van der Waals surface area (Å²) in [6.45, 7) is 3.69. The highest BCUT2D eigenvalue weighted by Gasteiger charge is 2.27. The molecule has 0 fully saturated rings. The van der Waals surface area contributed by atoms with Crippen molar-refractivity contribution >= 4 is 39.9 Å². The molecular formula is C17H16N4OS2. The van der Waals surface area contributed by atoms with Gasteiger partial charge in [0.15, 0.2) is 5.17 Å². The van der Waals surface area contributed by atoms with Crippen molar-refractivity contribution in [3.8, 4) is 11.3 Å². The quantitative estimate of drug-likeness (QED) is 0.907. The lowest BCUT2D eigenvalue weighted by molar-refractivity contribution is -0.115. The first-order chi connectivity index (χ1) is 11.7. The number of thioether (sulfide) groups is 1. The van der Waals surface area contributed by atoms with Crippen LogP contribution in [0, 0.1) is 6.92 Å². The number of anilines is 1. The Kier molecular flexibility index (Phi) is 4.12. The minimum atomic E-state index is -0.00717. The number of amides is 1. The fraction of sp³-hybridized carbons (Fsp3) is 0.235. The number of aromatic nitrogens is 1. The number of amidine groups is 1. The van der Waals surface area contributed by atoms with Crippen LogP contribution in [0.4, 0.5) is 5.69 Å². The molecule has 7 heteroatoms. The van der Waals surface area contributed by atoms with E-state index in [2.05, 4.69) is 20.2 Å². The van der Waals surface area contributed by atoms with Crippen molar-refractivity contribution in [3.05, 3.63) is 45.8 Å². The van der Waals surface area contributed by atoms with Crippen molar-refractivity contribution in [3.63, 3.8) is 0 Å². The molecule has 4 rings (SSSR count). The van der Waals surface area contributed by atoms with Crippen LogP contribution in [0.3, 0.4) is 0 Å². The number of benzene rings is 1. The summed E-state index contributed by atoms with van der Waals surface area (Å²) < 4.78 is 0. The zero-order valence-corrected chi connectivity index (χ0v) is 14.8. The molecular weight excluding hydrogens is 340 g/mol. The van der Waals surface area contributed by atoms with Gasteiger partial charge in [-0.3, -0.25) is 9.79 Å². The number of aliphatic imine (C=N–C) groups is 1. The van der Waals surface area contributed by atoms with Crippen LogP contribution in [0.15, 0.2) is 45.7 Å². The van der Waals surface area contributed by atoms with E-state index in [1.165, 1.54) is 0 Å². The van der Waals surface area contributed by atoms with Crippen LogP contribution in [0.5, 0.6) is 0 Å². The van der Waals surface area contributed by atoms with Gasteiger partial charge in [-0.2, -0.15) is 0 Å². The maximum atomic E-state index is 12.3. The number of nitrogens with zero attached hydrogens (tertiary/aromatic N) is 3. The average Bonchev–Trinajstić information content (AvgIpc) is 3.27. The highest BCUT2D eigenvalue weighted by Crippen LogP contribution is 2.31. The van der Waals surface area contributed by atoms with Gasteiger partial charge in [0.2, 0.25) is 5.91 Å². The van der Waals surface area contributed by atoms with Crippen LogP contribution in [0.25, 0.3) is 11.3 Å². The molecule has 2 aromatic rings. The molecule has 0 saturated carbocycles. The number of rotatable bonds is 4. The van der Waals surface area contributed by atoms with Crippen LogP contribution in [0.1, 0.15) is 11.4 Å². The van der Waals surface area contributed by atoms with Gasteiger partial charge in [0, 0.05) is 28.9 Å². The van der Waals surface area contributed by atoms with Gasteiger partial charge >= 0.3 is 0 Å². The van der Waals surface area contributed by atoms with Crippen LogP contribution < -0.4 is 5.32 Å². The van der Waals surface area contributed by atoms with Gasteiger partial charge in [0.05, 0.1) is 23.7 Å². The molecule has 1 aromatic carbocycles. The Hall–Kier alpha value is -2.12. The topological polar surface area (TPSA) is 57.6 Å². The molecule has 0 spiro atoms. The summed E-state index contributed by atoms with van der Waals surface area (Å²) in [4.78, 5) is 23.3. The lowest BCUT2D eigenvalue weighted by Crippen LogP contribution is -2.24. The summed E-state index contributed by atoms with van der Waals surface area (Å²) in [5, 5.41) is 9.09. The molecule has 1 aromatic heterocycles. The van der Waals surface area contributed by atoms with Gasteiger partial charge in [0.25, 0.3) is 0 Å². The average molecular weight is 356 g/mol. The highest BCUT2D eigenvalue weighted by atomic mass is 32.2. The van der Waals surface area contributed by atoms with E-state index in [1.54, 1.807) is 23.1 Å². The van der Waals surface area contributed by atoms with Gasteiger partial charge in [-0.25, -0.2) is 4.98 Å². The molecule has 1 N–H and O–H groups in total. The fourth-order valence-corrected chi connectivity index (χ4v) is 4.28. The molecule has 1 amide bonds. The zero-order chi connectivity index (χ0) is 16.5. The van der Waals surface area contributed by atoms with Crippen LogP contribution in [-0.2, 0) is 4.79 Å². The Morgan fingerprint density at radius 3 is 2.92 bits per heavy atom. The molecule has 0 radical (unpaired) electrons. The minimum Gasteiger partial charge on any atom is -0.326 e. The van der Waals surface area contributed by atoms with Crippen molar-refractivity contribution < 1.29 is 4.79 Å². The smallest absolute Gasteiger partial charge is 0.230 e. The van der Waals surface area contributed by atoms with E-state index in [-0.39, 0.29) is 5.91 Å². The van der Waals surface area contributed by atoms with Gasteiger partial charge in [-0.1, -0.05) is 23.9 Å². The SMILES string of the molecule is Cc1nc(-c2ccc(NC(=O)CC3=CSC4=NCCN34)cc2)cs1. The van der Waals surface area contributed by atoms with Gasteiger partial charge in [0.1, 0.15) is 0 Å². The van der Waals surface area contributed by atoms with Crippen molar-refractivity contribution in [2.24, 2.45) is 4.99 Å². The fourth-order valence-electron chi connectivity index (χ4n) is 2.71. The second kappa shape index (κ2) is 6.41. The molecule has 0 saturated heterocycles. The second-order valence-electron chi connectivity index (χ2n) is 5.60. The van der Waals surface area contributed by atoms with Crippen LogP contribution in [0.2, 0.25) is 0 Å². The van der Waals surface area contributed by atoms with Crippen molar-refractivity contribution in [1.29, 1.82) is 0 Å². The van der Waals surface area contributed by atoms with E-state index in [9.17, 15) is 4.79 Å². The standard InChI is InChI=1S/C17H16N4OS2/c1-11-19-15(10-23-11)12-2-4-13(5-3-12)20-16(22)8-14-9-24-17-18-6-7-21(14)17/h2-5,9-10H,6-8H2,1H3,(H,20,22). The zero-order valence-electron chi connectivity index (χ0n) is 13.2. The summed E-state index contributed by atoms with van der Waals surface area (Å²) in [6, 6.07) is 7.81. The molecule has 2 aliphatic heterocycles. The summed E-state index contributed by atoms with van der Waals surface area (Å²) in [5.41, 5.74) is 3.87. The molecule has 0 unspecified atom stereocenters. The monoisotopic (exact) mass is 356 g/mol. The Labute approximate surface area is 148 Å². The summed E-state index contributed by atoms with van der Waals surface area (Å²) in [7, 11) is 0. The van der Waals surface area contributed by atoms with E-state index in [0.29, 0.717) is 6.42 Å². The molecule has 0 aliphatic carbocycles. The van der Waals surface area contributed by atoms with E-state index < -0.39 is 0 Å². The van der Waals surface area contributed by atoms with Gasteiger partial charge in [-0.15, -0.1) is 11.3 Å². The first-order valence-corrected chi connectivity index (χ1v) is 9.45. The number of carbonyl (C=O) groups excluding carboxylic acids is 1. The third-order valence-corrected chi connectivity index (χ3v) is 5.60. The lowest BCUT2D eigenvalue weighted by atomic mass is 10.1. The minimum absolute atomic E-state index is 0.00717. The number of carbonyl (C=O) groups is 1. The van der Waals surface area contributed by atoms with Crippen molar-refractivity contribution in [2.45, 2.75) is 13.3 Å². The normalized spacial score (nSPS) is 16.0. The first kappa shape index (κ1) is 15.4. The third kappa shape index (κ3) is 3.09. The largest absolute Gasteiger partial charge is 0.326 e. The summed E-state index contributed by atoms with van der Waals surface area (Å²) in [6.07, 6.45) is 0.374. The van der Waals surface area contributed by atoms with Gasteiger partial charge < -0.3 is 10.2 Å². The number of thiazole rings is 1. The summed E-state index contributed by atoms with van der Waals surface area (Å²) in [5.74, 6) is -0.00717. The maximum Gasteiger partial charge on any atom is 0.230 e. The predicted octanol–water partition coefficient (Wildman–Crippen LogP) is 3.71. The Balaban J connectivity index is 1.38. The number of fused-ring (bicyclic) bond motifs is 1. The molecule has 2 aliphatic rings. The maximum absolute atomic E-state index is 12.3. The molecule has 0 bridgehead atoms. The Morgan fingerprint density at radius 1 is 1.33 bits per heavy atom. The molecule has 0 atom stereocenters. The predicted molar refractivity (Wildman–Crippen MR) is 100 cm³/mol. The summed E-state index contributed by atoms with van der Waals surface area (Å²) >= 11 is 3.23. The number of nitrogens with one attached hydrogen (secondary N) is 1. The van der Waals surface area contributed by atoms with E-state index >= 15 is 0 Å². The lowest BCUT2D eigenvalue weighted by Gasteiger charge is -2.16. The third-order valence-electron chi connectivity index (χ3n) is 3.87. The second-order valence-corrected chi connectivity index (χ2v) is 7.50. The molecule has 5 nitrogen and oxygen atoms in total. The number of hydrogen-bond donors (Lipinski definition) is 1. The van der Waals surface area contributed by atoms with Crippen LogP contribution in [-0.4, -0.2) is 34.0 Å². The van der Waals surface area contributed by atoms with Crippen molar-refractivity contribution in [1.82, 2.24) is 9.88 Å².